The van der Waals surface area contributed by atoms with E-state index in [4.69, 9.17) is 0 Å². The summed E-state index contributed by atoms with van der Waals surface area (Å²) in [6.07, 6.45) is 0.911. The first-order valence-electron chi connectivity index (χ1n) is 6.23. The molecule has 0 atom stereocenters. The zero-order valence-corrected chi connectivity index (χ0v) is 12.1. The summed E-state index contributed by atoms with van der Waals surface area (Å²) in [6.45, 7) is 8.24. The van der Waals surface area contributed by atoms with Crippen molar-refractivity contribution in [1.29, 1.82) is 0 Å². The molecule has 0 aliphatic carbocycles. The molecule has 0 spiro atoms. The minimum atomic E-state index is 0.169. The van der Waals surface area contributed by atoms with E-state index < -0.39 is 0 Å². The van der Waals surface area contributed by atoms with Crippen molar-refractivity contribution in [3.63, 3.8) is 0 Å². The van der Waals surface area contributed by atoms with Crippen molar-refractivity contribution in [1.82, 2.24) is 0 Å². The molecule has 0 aliphatic heterocycles. The first-order chi connectivity index (χ1) is 8.54. The lowest BCUT2D eigenvalue weighted by molar-refractivity contribution is 0.104. The van der Waals surface area contributed by atoms with Crippen molar-refractivity contribution in [3.8, 4) is 0 Å². The number of aryl methyl sites for hydroxylation is 4. The van der Waals surface area contributed by atoms with Gasteiger partial charge in [0.15, 0.2) is 0 Å². The van der Waals surface area contributed by atoms with Gasteiger partial charge < -0.3 is 0 Å². The molecule has 0 radical (unpaired) electrons. The third kappa shape index (κ3) is 2.25. The maximum absolute atomic E-state index is 12.6. The molecule has 1 nitrogen and oxygen atoms in total. The van der Waals surface area contributed by atoms with E-state index in [1.165, 1.54) is 11.1 Å². The van der Waals surface area contributed by atoms with Gasteiger partial charge in [0.1, 0.15) is 0 Å². The van der Waals surface area contributed by atoms with E-state index in [0.29, 0.717) is 0 Å². The van der Waals surface area contributed by atoms with Crippen molar-refractivity contribution < 1.29 is 4.79 Å². The Balaban J connectivity index is 2.50. The number of ketones is 1. The molecule has 0 saturated carbocycles. The Kier molecular flexibility index (Phi) is 3.67. The Morgan fingerprint density at radius 2 is 1.78 bits per heavy atom. The number of carbonyl (C=O) groups excluding carboxylic acids is 1. The van der Waals surface area contributed by atoms with Crippen LogP contribution in [0.25, 0.3) is 0 Å². The fourth-order valence-corrected chi connectivity index (χ4v) is 3.09. The van der Waals surface area contributed by atoms with Crippen LogP contribution in [-0.4, -0.2) is 5.78 Å². The van der Waals surface area contributed by atoms with Crippen LogP contribution in [0.2, 0.25) is 0 Å². The summed E-state index contributed by atoms with van der Waals surface area (Å²) in [7, 11) is 0. The van der Waals surface area contributed by atoms with E-state index in [2.05, 4.69) is 26.8 Å². The third-order valence-corrected chi connectivity index (χ3v) is 4.37. The molecule has 0 fully saturated rings. The summed E-state index contributed by atoms with van der Waals surface area (Å²) in [5.74, 6) is 0.169. The highest BCUT2D eigenvalue weighted by Crippen LogP contribution is 2.24. The Hall–Kier alpha value is -1.41. The van der Waals surface area contributed by atoms with Crippen LogP contribution in [0, 0.1) is 20.8 Å². The van der Waals surface area contributed by atoms with E-state index >= 15 is 0 Å². The van der Waals surface area contributed by atoms with E-state index in [1.807, 2.05) is 24.4 Å². The molecule has 0 N–H and O–H groups in total. The average molecular weight is 258 g/mol. The van der Waals surface area contributed by atoms with Gasteiger partial charge in [-0.25, -0.2) is 0 Å². The first-order valence-corrected chi connectivity index (χ1v) is 7.11. The Morgan fingerprint density at radius 3 is 2.44 bits per heavy atom. The molecule has 1 aromatic heterocycles. The molecule has 0 amide bonds. The van der Waals surface area contributed by atoms with Gasteiger partial charge in [-0.15, -0.1) is 11.3 Å². The van der Waals surface area contributed by atoms with Gasteiger partial charge in [-0.3, -0.25) is 4.79 Å². The number of hydrogen-bond acceptors (Lipinski definition) is 2. The SMILES string of the molecule is CCc1ccsc1C(=O)c1cc(C)c(C)cc1C. The molecule has 0 saturated heterocycles. The molecule has 2 aromatic rings. The quantitative estimate of drug-likeness (QED) is 0.742. The van der Waals surface area contributed by atoms with Crippen LogP contribution in [0.3, 0.4) is 0 Å². The fraction of sp³-hybridized carbons (Fsp3) is 0.312. The fourth-order valence-electron chi connectivity index (χ4n) is 2.14. The molecular formula is C16H18OS. The van der Waals surface area contributed by atoms with Gasteiger partial charge in [0.2, 0.25) is 5.78 Å². The largest absolute Gasteiger partial charge is 0.288 e. The lowest BCUT2D eigenvalue weighted by Gasteiger charge is -2.09. The lowest BCUT2D eigenvalue weighted by atomic mass is 9.96. The van der Waals surface area contributed by atoms with E-state index in [0.717, 1.165) is 28.0 Å². The molecule has 18 heavy (non-hydrogen) atoms. The normalized spacial score (nSPS) is 10.7. The molecule has 0 unspecified atom stereocenters. The number of carbonyl (C=O) groups is 1. The zero-order valence-electron chi connectivity index (χ0n) is 11.3. The van der Waals surface area contributed by atoms with E-state index in [9.17, 15) is 4.79 Å². The summed E-state index contributed by atoms with van der Waals surface area (Å²) in [5.41, 5.74) is 5.49. The monoisotopic (exact) mass is 258 g/mol. The summed E-state index contributed by atoms with van der Waals surface area (Å²) >= 11 is 1.55. The van der Waals surface area contributed by atoms with Gasteiger partial charge in [0.05, 0.1) is 4.88 Å². The van der Waals surface area contributed by atoms with Crippen molar-refractivity contribution in [2.24, 2.45) is 0 Å². The van der Waals surface area contributed by atoms with Gasteiger partial charge in [-0.05, 0) is 67.0 Å². The molecule has 1 aromatic carbocycles. The summed E-state index contributed by atoms with van der Waals surface area (Å²) in [6, 6.07) is 6.17. The third-order valence-electron chi connectivity index (χ3n) is 3.42. The molecule has 2 heteroatoms. The molecule has 94 valence electrons. The van der Waals surface area contributed by atoms with Crippen LogP contribution in [0.1, 0.15) is 44.4 Å². The van der Waals surface area contributed by atoms with Crippen LogP contribution < -0.4 is 0 Å². The molecule has 0 bridgehead atoms. The van der Waals surface area contributed by atoms with Crippen molar-refractivity contribution in [2.75, 3.05) is 0 Å². The second kappa shape index (κ2) is 5.07. The number of benzene rings is 1. The topological polar surface area (TPSA) is 17.1 Å². The Morgan fingerprint density at radius 1 is 1.11 bits per heavy atom. The molecule has 1 heterocycles. The van der Waals surface area contributed by atoms with Crippen molar-refractivity contribution in [3.05, 3.63) is 56.3 Å². The van der Waals surface area contributed by atoms with Crippen LogP contribution in [0.4, 0.5) is 0 Å². The smallest absolute Gasteiger partial charge is 0.203 e. The van der Waals surface area contributed by atoms with Crippen molar-refractivity contribution >= 4 is 17.1 Å². The number of thiophene rings is 1. The predicted octanol–water partition coefficient (Wildman–Crippen LogP) is 4.47. The molecule has 2 rings (SSSR count). The number of hydrogen-bond donors (Lipinski definition) is 0. The van der Waals surface area contributed by atoms with Crippen LogP contribution in [-0.2, 0) is 6.42 Å². The summed E-state index contributed by atoms with van der Waals surface area (Å²) in [5, 5.41) is 2.00. The Bertz CT molecular complexity index is 593. The van der Waals surface area contributed by atoms with Gasteiger partial charge in [0.25, 0.3) is 0 Å². The van der Waals surface area contributed by atoms with Gasteiger partial charge in [-0.1, -0.05) is 13.0 Å². The predicted molar refractivity (Wildman–Crippen MR) is 77.8 cm³/mol. The highest BCUT2D eigenvalue weighted by atomic mass is 32.1. The minimum Gasteiger partial charge on any atom is -0.288 e. The first kappa shape index (κ1) is 13.0. The zero-order chi connectivity index (χ0) is 13.3. The highest BCUT2D eigenvalue weighted by Gasteiger charge is 2.17. The maximum atomic E-state index is 12.6. The Labute approximate surface area is 112 Å². The van der Waals surface area contributed by atoms with Crippen molar-refractivity contribution in [2.45, 2.75) is 34.1 Å². The van der Waals surface area contributed by atoms with E-state index in [-0.39, 0.29) is 5.78 Å². The molecule has 0 aliphatic rings. The van der Waals surface area contributed by atoms with Gasteiger partial charge in [-0.2, -0.15) is 0 Å². The standard InChI is InChI=1S/C16H18OS/c1-5-13-6-7-18-16(13)15(17)14-9-11(3)10(2)8-12(14)4/h6-9H,5H2,1-4H3. The number of rotatable bonds is 3. The van der Waals surface area contributed by atoms with E-state index in [1.54, 1.807) is 11.3 Å². The second-order valence-corrected chi connectivity index (χ2v) is 5.63. The van der Waals surface area contributed by atoms with Crippen LogP contribution in [0.15, 0.2) is 23.6 Å². The average Bonchev–Trinajstić information content (AvgIpc) is 2.81. The second-order valence-electron chi connectivity index (χ2n) is 4.71. The van der Waals surface area contributed by atoms with Crippen LogP contribution in [0.5, 0.6) is 0 Å². The highest BCUT2D eigenvalue weighted by molar-refractivity contribution is 7.12. The maximum Gasteiger partial charge on any atom is 0.203 e. The lowest BCUT2D eigenvalue weighted by Crippen LogP contribution is -2.05. The summed E-state index contributed by atoms with van der Waals surface area (Å²) in [4.78, 5) is 13.5. The minimum absolute atomic E-state index is 0.169. The summed E-state index contributed by atoms with van der Waals surface area (Å²) < 4.78 is 0. The van der Waals surface area contributed by atoms with Gasteiger partial charge in [0, 0.05) is 5.56 Å². The molecular weight excluding hydrogens is 240 g/mol. The van der Waals surface area contributed by atoms with Gasteiger partial charge >= 0.3 is 0 Å². The van der Waals surface area contributed by atoms with Crippen LogP contribution >= 0.6 is 11.3 Å².